The van der Waals surface area contributed by atoms with Crippen LogP contribution in [0.25, 0.3) is 0 Å². The number of ether oxygens (including phenoxy) is 1. The lowest BCUT2D eigenvalue weighted by atomic mass is 10.1. The zero-order valence-electron chi connectivity index (χ0n) is 12.4. The van der Waals surface area contributed by atoms with Crippen LogP contribution in [0.1, 0.15) is 22.8 Å². The fraction of sp³-hybridized carbons (Fsp3) is 0.176. The molecule has 2 aromatic rings. The molecular formula is C17H16ClNO3. The van der Waals surface area contributed by atoms with Crippen molar-refractivity contribution in [2.24, 2.45) is 0 Å². The van der Waals surface area contributed by atoms with Gasteiger partial charge in [0, 0.05) is 10.7 Å². The lowest BCUT2D eigenvalue weighted by molar-refractivity contribution is -0.118. The van der Waals surface area contributed by atoms with Crippen LogP contribution in [-0.4, -0.2) is 18.3 Å². The summed E-state index contributed by atoms with van der Waals surface area (Å²) >= 11 is 5.91. The van der Waals surface area contributed by atoms with E-state index in [4.69, 9.17) is 16.3 Å². The predicted molar refractivity (Wildman–Crippen MR) is 86.8 cm³/mol. The fourth-order valence-electron chi connectivity index (χ4n) is 1.94. The Morgan fingerprint density at radius 2 is 1.91 bits per heavy atom. The monoisotopic (exact) mass is 317 g/mol. The molecule has 1 amide bonds. The van der Waals surface area contributed by atoms with Crippen molar-refractivity contribution < 1.29 is 14.3 Å². The van der Waals surface area contributed by atoms with Gasteiger partial charge in [0.1, 0.15) is 5.75 Å². The van der Waals surface area contributed by atoms with Crippen LogP contribution in [0, 0.1) is 6.92 Å². The quantitative estimate of drug-likeness (QED) is 0.852. The maximum atomic E-state index is 12.0. The first-order valence-corrected chi connectivity index (χ1v) is 7.14. The molecule has 0 saturated carbocycles. The second-order valence-corrected chi connectivity index (χ2v) is 5.28. The van der Waals surface area contributed by atoms with Crippen LogP contribution in [0.3, 0.4) is 0 Å². The second-order valence-electron chi connectivity index (χ2n) is 4.85. The van der Waals surface area contributed by atoms with E-state index in [1.54, 1.807) is 36.4 Å². The van der Waals surface area contributed by atoms with Crippen LogP contribution in [0.15, 0.2) is 42.5 Å². The largest absolute Gasteiger partial charge is 0.483 e. The molecule has 2 rings (SSSR count). The summed E-state index contributed by atoms with van der Waals surface area (Å²) in [6.45, 7) is 3.14. The normalized spacial score (nSPS) is 10.1. The van der Waals surface area contributed by atoms with Gasteiger partial charge in [-0.25, -0.2) is 0 Å². The van der Waals surface area contributed by atoms with Crippen molar-refractivity contribution >= 4 is 29.0 Å². The number of Topliss-reactive ketones (excluding diaryl/α,β-unsaturated/α-hetero) is 1. The summed E-state index contributed by atoms with van der Waals surface area (Å²) in [6, 6.07) is 12.1. The van der Waals surface area contributed by atoms with Gasteiger partial charge in [-0.1, -0.05) is 29.8 Å². The highest BCUT2D eigenvalue weighted by Crippen LogP contribution is 2.21. The maximum absolute atomic E-state index is 12.0. The minimum atomic E-state index is -0.316. The number of rotatable bonds is 5. The highest BCUT2D eigenvalue weighted by molar-refractivity contribution is 6.31. The topological polar surface area (TPSA) is 55.4 Å². The number of benzene rings is 2. The zero-order chi connectivity index (χ0) is 16.1. The van der Waals surface area contributed by atoms with Crippen molar-refractivity contribution in [1.29, 1.82) is 0 Å². The van der Waals surface area contributed by atoms with E-state index in [0.29, 0.717) is 22.0 Å². The molecule has 0 atom stereocenters. The summed E-state index contributed by atoms with van der Waals surface area (Å²) in [5.41, 5.74) is 2.00. The summed E-state index contributed by atoms with van der Waals surface area (Å²) in [5, 5.41) is 3.28. The van der Waals surface area contributed by atoms with Crippen LogP contribution >= 0.6 is 11.6 Å². The third kappa shape index (κ3) is 4.09. The summed E-state index contributed by atoms with van der Waals surface area (Å²) in [5.74, 6) is -0.0293. The van der Waals surface area contributed by atoms with Gasteiger partial charge in [0.05, 0.1) is 5.56 Å². The van der Waals surface area contributed by atoms with Crippen LogP contribution in [-0.2, 0) is 4.79 Å². The summed E-state index contributed by atoms with van der Waals surface area (Å²) < 4.78 is 5.44. The molecule has 0 heterocycles. The van der Waals surface area contributed by atoms with Crippen molar-refractivity contribution in [3.63, 3.8) is 0 Å². The van der Waals surface area contributed by atoms with Crippen LogP contribution < -0.4 is 10.1 Å². The molecule has 5 heteroatoms. The number of hydrogen-bond donors (Lipinski definition) is 1. The minimum absolute atomic E-state index is 0.110. The molecule has 0 aliphatic rings. The molecule has 1 N–H and O–H groups in total. The van der Waals surface area contributed by atoms with Gasteiger partial charge in [0.25, 0.3) is 5.91 Å². The number of carbonyl (C=O) groups excluding carboxylic acids is 2. The van der Waals surface area contributed by atoms with Gasteiger partial charge >= 0.3 is 0 Å². The smallest absolute Gasteiger partial charge is 0.262 e. The number of aryl methyl sites for hydroxylation is 1. The molecule has 0 radical (unpaired) electrons. The van der Waals surface area contributed by atoms with Gasteiger partial charge in [-0.15, -0.1) is 0 Å². The standard InChI is InChI=1S/C17H16ClNO3/c1-11-7-8-13(18)9-15(11)19-17(21)10-22-16-6-4-3-5-14(16)12(2)20/h3-9H,10H2,1-2H3,(H,19,21). The Kier molecular flexibility index (Phi) is 5.17. The van der Waals surface area contributed by atoms with E-state index in [1.807, 2.05) is 13.0 Å². The Labute approximate surface area is 134 Å². The molecule has 0 unspecified atom stereocenters. The van der Waals surface area contributed by atoms with Gasteiger partial charge in [-0.3, -0.25) is 9.59 Å². The lowest BCUT2D eigenvalue weighted by Gasteiger charge is -2.11. The van der Waals surface area contributed by atoms with E-state index in [1.165, 1.54) is 6.92 Å². The summed E-state index contributed by atoms with van der Waals surface area (Å²) in [6.07, 6.45) is 0. The molecule has 0 bridgehead atoms. The molecule has 0 saturated heterocycles. The number of amides is 1. The number of anilines is 1. The number of carbonyl (C=O) groups is 2. The fourth-order valence-corrected chi connectivity index (χ4v) is 2.11. The van der Waals surface area contributed by atoms with Crippen molar-refractivity contribution in [1.82, 2.24) is 0 Å². The Hall–Kier alpha value is -2.33. The summed E-state index contributed by atoms with van der Waals surface area (Å²) in [7, 11) is 0. The summed E-state index contributed by atoms with van der Waals surface area (Å²) in [4.78, 5) is 23.5. The Bertz CT molecular complexity index is 713. The Balaban J connectivity index is 2.02. The van der Waals surface area contributed by atoms with Crippen LogP contribution in [0.2, 0.25) is 5.02 Å². The van der Waals surface area contributed by atoms with Gasteiger partial charge in [0.2, 0.25) is 0 Å². The van der Waals surface area contributed by atoms with Gasteiger partial charge in [-0.05, 0) is 43.7 Å². The highest BCUT2D eigenvalue weighted by atomic mass is 35.5. The second kappa shape index (κ2) is 7.09. The zero-order valence-corrected chi connectivity index (χ0v) is 13.1. The first kappa shape index (κ1) is 16.0. The van der Waals surface area contributed by atoms with Gasteiger partial charge in [0.15, 0.2) is 12.4 Å². The van der Waals surface area contributed by atoms with E-state index in [-0.39, 0.29) is 18.3 Å². The van der Waals surface area contributed by atoms with Gasteiger partial charge in [-0.2, -0.15) is 0 Å². The van der Waals surface area contributed by atoms with Crippen molar-refractivity contribution in [3.05, 3.63) is 58.6 Å². The Morgan fingerprint density at radius 3 is 2.64 bits per heavy atom. The average Bonchev–Trinajstić information content (AvgIpc) is 2.49. The van der Waals surface area contributed by atoms with Crippen LogP contribution in [0.5, 0.6) is 5.75 Å². The molecule has 0 fully saturated rings. The first-order chi connectivity index (χ1) is 10.5. The molecular weight excluding hydrogens is 302 g/mol. The van der Waals surface area contributed by atoms with E-state index in [2.05, 4.69) is 5.32 Å². The lowest BCUT2D eigenvalue weighted by Crippen LogP contribution is -2.21. The van der Waals surface area contributed by atoms with E-state index in [0.717, 1.165) is 5.56 Å². The average molecular weight is 318 g/mol. The minimum Gasteiger partial charge on any atom is -0.483 e. The molecule has 0 spiro atoms. The number of halogens is 1. The Morgan fingerprint density at radius 1 is 1.18 bits per heavy atom. The molecule has 22 heavy (non-hydrogen) atoms. The highest BCUT2D eigenvalue weighted by Gasteiger charge is 2.10. The third-order valence-corrected chi connectivity index (χ3v) is 3.33. The number of ketones is 1. The number of nitrogens with one attached hydrogen (secondary N) is 1. The van der Waals surface area contributed by atoms with Gasteiger partial charge < -0.3 is 10.1 Å². The van der Waals surface area contributed by atoms with E-state index >= 15 is 0 Å². The molecule has 0 aliphatic carbocycles. The SMILES string of the molecule is CC(=O)c1ccccc1OCC(=O)Nc1cc(Cl)ccc1C. The van der Waals surface area contributed by atoms with Crippen molar-refractivity contribution in [3.8, 4) is 5.75 Å². The van der Waals surface area contributed by atoms with Crippen molar-refractivity contribution in [2.45, 2.75) is 13.8 Å². The van der Waals surface area contributed by atoms with Crippen molar-refractivity contribution in [2.75, 3.05) is 11.9 Å². The molecule has 114 valence electrons. The molecule has 0 aliphatic heterocycles. The number of para-hydroxylation sites is 1. The maximum Gasteiger partial charge on any atom is 0.262 e. The molecule has 4 nitrogen and oxygen atoms in total. The van der Waals surface area contributed by atoms with E-state index in [9.17, 15) is 9.59 Å². The molecule has 2 aromatic carbocycles. The first-order valence-electron chi connectivity index (χ1n) is 6.76. The van der Waals surface area contributed by atoms with Crippen LogP contribution in [0.4, 0.5) is 5.69 Å². The van der Waals surface area contributed by atoms with E-state index < -0.39 is 0 Å². The third-order valence-electron chi connectivity index (χ3n) is 3.10. The predicted octanol–water partition coefficient (Wildman–Crippen LogP) is 3.87. The number of hydrogen-bond acceptors (Lipinski definition) is 3. The molecule has 0 aromatic heterocycles.